The number of benzene rings is 3. The first-order chi connectivity index (χ1) is 18.9. The van der Waals surface area contributed by atoms with Gasteiger partial charge in [0.25, 0.3) is 11.8 Å². The Balaban J connectivity index is 1.34. The first kappa shape index (κ1) is 27.0. The van der Waals surface area contributed by atoms with Crippen molar-refractivity contribution in [2.45, 2.75) is 31.2 Å². The Hall–Kier alpha value is -3.55. The van der Waals surface area contributed by atoms with Crippen molar-refractivity contribution in [3.05, 3.63) is 99.4 Å². The summed E-state index contributed by atoms with van der Waals surface area (Å²) in [5, 5.41) is 0.631. The number of fused-ring (bicyclic) bond motifs is 1. The Morgan fingerprint density at radius 3 is 2.64 bits per heavy atom. The van der Waals surface area contributed by atoms with E-state index in [1.165, 1.54) is 11.8 Å². The number of rotatable bonds is 6. The molecule has 0 aromatic heterocycles. The number of likely N-dealkylation sites (tertiary alicyclic amines) is 1. The first-order valence-electron chi connectivity index (χ1n) is 13.0. The van der Waals surface area contributed by atoms with E-state index < -0.39 is 0 Å². The number of carbonyl (C=O) groups is 3. The number of halogens is 1. The third kappa shape index (κ3) is 6.21. The van der Waals surface area contributed by atoms with Gasteiger partial charge in [0, 0.05) is 28.6 Å². The highest BCUT2D eigenvalue weighted by atomic mass is 35.5. The van der Waals surface area contributed by atoms with Crippen molar-refractivity contribution in [3.8, 4) is 0 Å². The fourth-order valence-corrected chi connectivity index (χ4v) is 6.18. The normalized spacial score (nSPS) is 18.2. The molecule has 5 rings (SSSR count). The van der Waals surface area contributed by atoms with Gasteiger partial charge in [-0.05, 0) is 73.4 Å². The molecular weight excluding hydrogens is 532 g/mol. The van der Waals surface area contributed by atoms with Crippen LogP contribution in [0.1, 0.15) is 41.3 Å². The highest BCUT2D eigenvalue weighted by Gasteiger charge is 2.31. The second-order valence-electron chi connectivity index (χ2n) is 9.56. The van der Waals surface area contributed by atoms with E-state index in [-0.39, 0.29) is 23.7 Å². The summed E-state index contributed by atoms with van der Waals surface area (Å²) in [7, 11) is 0. The Morgan fingerprint density at radius 1 is 1.08 bits per heavy atom. The molecule has 6 nitrogen and oxygen atoms in total. The molecule has 0 radical (unpaired) electrons. The van der Waals surface area contributed by atoms with Gasteiger partial charge in [-0.1, -0.05) is 59.8 Å². The average Bonchev–Trinajstić information content (AvgIpc) is 2.95. The maximum Gasteiger partial charge on any atom is 0.310 e. The van der Waals surface area contributed by atoms with Gasteiger partial charge in [0.15, 0.2) is 0 Å². The molecule has 0 aliphatic carbocycles. The van der Waals surface area contributed by atoms with E-state index in [2.05, 4.69) is 0 Å². The molecule has 2 aliphatic rings. The molecule has 1 saturated heterocycles. The number of esters is 1. The van der Waals surface area contributed by atoms with Crippen molar-refractivity contribution in [1.82, 2.24) is 4.90 Å². The van der Waals surface area contributed by atoms with Crippen LogP contribution in [0.4, 0.5) is 5.69 Å². The molecule has 0 spiro atoms. The van der Waals surface area contributed by atoms with E-state index in [9.17, 15) is 14.4 Å². The lowest BCUT2D eigenvalue weighted by Gasteiger charge is -2.31. The van der Waals surface area contributed by atoms with Crippen LogP contribution in [-0.4, -0.2) is 42.4 Å². The lowest BCUT2D eigenvalue weighted by atomic mass is 9.97. The minimum atomic E-state index is -0.279. The summed E-state index contributed by atoms with van der Waals surface area (Å²) in [6.07, 6.45) is 3.37. The third-order valence-corrected chi connectivity index (χ3v) is 8.16. The van der Waals surface area contributed by atoms with Crippen molar-refractivity contribution < 1.29 is 19.1 Å². The van der Waals surface area contributed by atoms with Crippen LogP contribution in [0.3, 0.4) is 0 Å². The third-order valence-electron chi connectivity index (χ3n) is 6.85. The quantitative estimate of drug-likeness (QED) is 0.256. The Kier molecular flexibility index (Phi) is 8.38. The van der Waals surface area contributed by atoms with Gasteiger partial charge in [-0.3, -0.25) is 14.4 Å². The smallest absolute Gasteiger partial charge is 0.310 e. The van der Waals surface area contributed by atoms with E-state index in [0.29, 0.717) is 41.7 Å². The number of carbonyl (C=O) groups excluding carboxylic acids is 3. The molecule has 2 amide bonds. The van der Waals surface area contributed by atoms with Gasteiger partial charge in [-0.2, -0.15) is 0 Å². The zero-order valence-corrected chi connectivity index (χ0v) is 23.2. The number of nitrogens with zero attached hydrogens (tertiary/aromatic N) is 2. The van der Waals surface area contributed by atoms with Crippen molar-refractivity contribution >= 4 is 52.9 Å². The first-order valence-corrected chi connectivity index (χ1v) is 14.2. The van der Waals surface area contributed by atoms with Crippen molar-refractivity contribution in [3.63, 3.8) is 0 Å². The summed E-state index contributed by atoms with van der Waals surface area (Å²) in [5.41, 5.74) is 3.20. The number of para-hydroxylation sites is 1. The van der Waals surface area contributed by atoms with Gasteiger partial charge in [0.1, 0.15) is 0 Å². The molecule has 1 fully saturated rings. The standard InChI is InChI=1S/C31H29ClN2O4S/c1-2-38-31(37)24-8-6-16-33(20-24)29(35)23-14-12-21(13-15-23)18-28-30(36)34(19-22-7-5-9-25(32)17-22)26-10-3-4-11-27(26)39-28/h3-5,7,9-15,17-18,24H,2,6,8,16,19-20H2,1H3/b28-18+/t24-/m0/s1. The molecule has 1 atom stereocenters. The van der Waals surface area contributed by atoms with Crippen LogP contribution in [-0.2, 0) is 20.9 Å². The van der Waals surface area contributed by atoms with Gasteiger partial charge < -0.3 is 14.5 Å². The number of piperidine rings is 1. The minimum Gasteiger partial charge on any atom is -0.466 e. The number of ether oxygens (including phenoxy) is 1. The predicted octanol–water partition coefficient (Wildman–Crippen LogP) is 6.44. The summed E-state index contributed by atoms with van der Waals surface area (Å²) in [6.45, 7) is 3.52. The van der Waals surface area contributed by atoms with Gasteiger partial charge >= 0.3 is 5.97 Å². The number of thioether (sulfide) groups is 1. The van der Waals surface area contributed by atoms with Crippen LogP contribution in [0.25, 0.3) is 6.08 Å². The Bertz CT molecular complexity index is 1420. The van der Waals surface area contributed by atoms with Crippen molar-refractivity contribution in [2.75, 3.05) is 24.6 Å². The van der Waals surface area contributed by atoms with E-state index >= 15 is 0 Å². The summed E-state index contributed by atoms with van der Waals surface area (Å²) in [5.74, 6) is -0.707. The fraction of sp³-hybridized carbons (Fsp3) is 0.258. The molecule has 39 heavy (non-hydrogen) atoms. The Labute approximate surface area is 237 Å². The van der Waals surface area contributed by atoms with Crippen LogP contribution in [0, 0.1) is 5.92 Å². The topological polar surface area (TPSA) is 66.9 Å². The highest BCUT2D eigenvalue weighted by molar-refractivity contribution is 8.04. The lowest BCUT2D eigenvalue weighted by Crippen LogP contribution is -2.42. The molecule has 8 heteroatoms. The zero-order valence-electron chi connectivity index (χ0n) is 21.6. The van der Waals surface area contributed by atoms with Crippen LogP contribution < -0.4 is 4.90 Å². The van der Waals surface area contributed by atoms with Crippen molar-refractivity contribution in [1.29, 1.82) is 0 Å². The molecular formula is C31H29ClN2O4S. The monoisotopic (exact) mass is 560 g/mol. The SMILES string of the molecule is CCOC(=O)[C@H]1CCCN(C(=O)c2ccc(/C=C3/Sc4ccccc4N(Cc4cccc(Cl)c4)C3=O)cc2)C1. The van der Waals surface area contributed by atoms with Crippen LogP contribution >= 0.6 is 23.4 Å². The van der Waals surface area contributed by atoms with E-state index in [1.807, 2.05) is 66.7 Å². The molecule has 0 unspecified atom stereocenters. The average molecular weight is 561 g/mol. The number of hydrogen-bond acceptors (Lipinski definition) is 5. The number of amides is 2. The zero-order chi connectivity index (χ0) is 27.4. The highest BCUT2D eigenvalue weighted by Crippen LogP contribution is 2.42. The Morgan fingerprint density at radius 2 is 1.87 bits per heavy atom. The maximum absolute atomic E-state index is 13.6. The fourth-order valence-electron chi connectivity index (χ4n) is 4.91. The van der Waals surface area contributed by atoms with E-state index in [4.69, 9.17) is 16.3 Å². The van der Waals surface area contributed by atoms with Gasteiger partial charge in [-0.25, -0.2) is 0 Å². The molecule has 2 aliphatic heterocycles. The van der Waals surface area contributed by atoms with E-state index in [0.717, 1.165) is 34.6 Å². The van der Waals surface area contributed by atoms with E-state index in [1.54, 1.807) is 28.9 Å². The molecule has 2 heterocycles. The molecule has 0 N–H and O–H groups in total. The van der Waals surface area contributed by atoms with Gasteiger partial charge in [0.05, 0.1) is 29.7 Å². The minimum absolute atomic E-state index is 0.0860. The van der Waals surface area contributed by atoms with Crippen LogP contribution in [0.15, 0.2) is 82.6 Å². The van der Waals surface area contributed by atoms with Crippen LogP contribution in [0.5, 0.6) is 0 Å². The van der Waals surface area contributed by atoms with Gasteiger partial charge in [-0.15, -0.1) is 0 Å². The summed E-state index contributed by atoms with van der Waals surface area (Å²) in [4.78, 5) is 44.0. The molecule has 0 bridgehead atoms. The maximum atomic E-state index is 13.6. The second-order valence-corrected chi connectivity index (χ2v) is 11.1. The largest absolute Gasteiger partial charge is 0.466 e. The number of anilines is 1. The molecule has 3 aromatic rings. The lowest BCUT2D eigenvalue weighted by molar-refractivity contribution is -0.149. The summed E-state index contributed by atoms with van der Waals surface area (Å²) >= 11 is 7.63. The summed E-state index contributed by atoms with van der Waals surface area (Å²) in [6, 6.07) is 22.6. The second kappa shape index (κ2) is 12.1. The summed E-state index contributed by atoms with van der Waals surface area (Å²) < 4.78 is 5.16. The molecule has 3 aromatic carbocycles. The molecule has 200 valence electrons. The molecule has 0 saturated carbocycles. The van der Waals surface area contributed by atoms with Crippen LogP contribution in [0.2, 0.25) is 5.02 Å². The van der Waals surface area contributed by atoms with Crippen molar-refractivity contribution in [2.24, 2.45) is 5.92 Å². The number of hydrogen-bond donors (Lipinski definition) is 0. The van der Waals surface area contributed by atoms with Gasteiger partial charge in [0.2, 0.25) is 0 Å². The predicted molar refractivity (Wildman–Crippen MR) is 155 cm³/mol.